The van der Waals surface area contributed by atoms with E-state index >= 15 is 0 Å². The molecule has 0 amide bonds. The standard InChI is InChI=1S/C26H31NO8S.3C2H6/c1-20(28)34-19-24(21-13-15-23(16-14-21)36(2,31)32)25(22-11-7-6-8-12-22)26(29)33-17-9-4-3-5-10-18-35-27-30;3*1-2/h6-8,11-16H,3-5,9-10,17-19H2,1-2H3;3*1-2H3/b25-24+;;;. The monoisotopic (exact) mass is 607 g/mol. The number of carbonyl (C=O) groups excluding carboxylic acids is 2. The third-order valence-electron chi connectivity index (χ3n) is 5.28. The van der Waals surface area contributed by atoms with Gasteiger partial charge in [-0.15, -0.1) is 4.91 Å². The van der Waals surface area contributed by atoms with Gasteiger partial charge in [0.1, 0.15) is 13.2 Å². The Labute approximate surface area is 252 Å². The number of benzene rings is 2. The molecule has 2 aromatic rings. The molecule has 0 aliphatic rings. The number of rotatable bonds is 15. The summed E-state index contributed by atoms with van der Waals surface area (Å²) in [5.41, 5.74) is 1.76. The number of carbonyl (C=O) groups is 2. The van der Waals surface area contributed by atoms with Crippen molar-refractivity contribution >= 4 is 32.9 Å². The van der Waals surface area contributed by atoms with Crippen molar-refractivity contribution < 1.29 is 32.3 Å². The van der Waals surface area contributed by atoms with Gasteiger partial charge in [-0.3, -0.25) is 4.79 Å². The zero-order valence-electron chi connectivity index (χ0n) is 26.5. The van der Waals surface area contributed by atoms with Crippen LogP contribution in [0.4, 0.5) is 0 Å². The quantitative estimate of drug-likeness (QED) is 0.0501. The van der Waals surface area contributed by atoms with Crippen molar-refractivity contribution in [2.24, 2.45) is 5.34 Å². The molecular weight excluding hydrogens is 558 g/mol. The van der Waals surface area contributed by atoms with Crippen LogP contribution >= 0.6 is 0 Å². The van der Waals surface area contributed by atoms with E-state index in [-0.39, 0.29) is 23.7 Å². The van der Waals surface area contributed by atoms with Gasteiger partial charge in [0.05, 0.1) is 17.1 Å². The van der Waals surface area contributed by atoms with Gasteiger partial charge in [0.25, 0.3) is 0 Å². The number of nitrogens with zero attached hydrogens (tertiary/aromatic N) is 1. The lowest BCUT2D eigenvalue weighted by molar-refractivity contribution is -0.140. The molecule has 0 atom stereocenters. The van der Waals surface area contributed by atoms with Crippen LogP contribution < -0.4 is 0 Å². The molecule has 0 bridgehead atoms. The van der Waals surface area contributed by atoms with Gasteiger partial charge in [0.2, 0.25) is 0 Å². The van der Waals surface area contributed by atoms with E-state index in [0.29, 0.717) is 29.7 Å². The normalized spacial score (nSPS) is 10.6. The molecule has 2 rings (SSSR count). The molecule has 10 heteroatoms. The summed E-state index contributed by atoms with van der Waals surface area (Å²) in [6.07, 6.45) is 5.09. The zero-order chi connectivity index (χ0) is 32.4. The molecule has 2 aromatic carbocycles. The molecular formula is C32H49NO8S. The van der Waals surface area contributed by atoms with Gasteiger partial charge in [-0.25, -0.2) is 13.2 Å². The highest BCUT2D eigenvalue weighted by atomic mass is 32.2. The molecule has 236 valence electrons. The first-order chi connectivity index (χ1) is 20.2. The van der Waals surface area contributed by atoms with E-state index in [1.54, 1.807) is 36.4 Å². The third-order valence-corrected chi connectivity index (χ3v) is 6.41. The lowest BCUT2D eigenvalue weighted by Crippen LogP contribution is -2.14. The molecule has 0 saturated heterocycles. The average Bonchev–Trinajstić information content (AvgIpc) is 3.01. The molecule has 0 aliphatic carbocycles. The van der Waals surface area contributed by atoms with E-state index in [1.807, 2.05) is 47.6 Å². The number of hydrogen-bond donors (Lipinski definition) is 0. The van der Waals surface area contributed by atoms with Crippen LogP contribution in [0.2, 0.25) is 0 Å². The Balaban J connectivity index is 0. The Morgan fingerprint density at radius 2 is 1.24 bits per heavy atom. The Bertz CT molecular complexity index is 1140. The van der Waals surface area contributed by atoms with Crippen LogP contribution in [-0.2, 0) is 33.7 Å². The molecule has 0 saturated carbocycles. The van der Waals surface area contributed by atoms with Gasteiger partial charge >= 0.3 is 11.9 Å². The second kappa shape index (κ2) is 25.2. The number of sulfone groups is 1. The van der Waals surface area contributed by atoms with E-state index in [2.05, 4.69) is 10.2 Å². The summed E-state index contributed by atoms with van der Waals surface area (Å²) in [6, 6.07) is 14.9. The summed E-state index contributed by atoms with van der Waals surface area (Å²) < 4.78 is 34.6. The van der Waals surface area contributed by atoms with Crippen molar-refractivity contribution in [3.63, 3.8) is 0 Å². The van der Waals surface area contributed by atoms with Crippen LogP contribution in [0.3, 0.4) is 0 Å². The molecule has 9 nitrogen and oxygen atoms in total. The van der Waals surface area contributed by atoms with Crippen LogP contribution in [0, 0.1) is 4.91 Å². The van der Waals surface area contributed by atoms with Crippen molar-refractivity contribution in [3.05, 3.63) is 70.6 Å². The molecule has 0 aromatic heterocycles. The number of ether oxygens (including phenoxy) is 2. The Morgan fingerprint density at radius 1 is 0.714 bits per heavy atom. The highest BCUT2D eigenvalue weighted by Gasteiger charge is 2.22. The van der Waals surface area contributed by atoms with Crippen molar-refractivity contribution in [1.82, 2.24) is 0 Å². The summed E-state index contributed by atoms with van der Waals surface area (Å²) in [5.74, 6) is -1.09. The van der Waals surface area contributed by atoms with Gasteiger partial charge in [-0.2, -0.15) is 0 Å². The molecule has 42 heavy (non-hydrogen) atoms. The Morgan fingerprint density at radius 3 is 1.74 bits per heavy atom. The minimum Gasteiger partial charge on any atom is -0.462 e. The van der Waals surface area contributed by atoms with Gasteiger partial charge in [-0.05, 0) is 42.5 Å². The average molecular weight is 608 g/mol. The Hall–Kier alpha value is -3.53. The summed E-state index contributed by atoms with van der Waals surface area (Å²) in [5, 5.41) is 2.35. The highest BCUT2D eigenvalue weighted by molar-refractivity contribution is 7.90. The van der Waals surface area contributed by atoms with Crippen LogP contribution in [0.25, 0.3) is 11.1 Å². The third kappa shape index (κ3) is 16.7. The molecule has 0 spiro atoms. The lowest BCUT2D eigenvalue weighted by atomic mass is 9.95. The minimum atomic E-state index is -3.40. The fourth-order valence-electron chi connectivity index (χ4n) is 3.47. The highest BCUT2D eigenvalue weighted by Crippen LogP contribution is 2.29. The second-order valence-electron chi connectivity index (χ2n) is 8.11. The number of hydrogen-bond acceptors (Lipinski definition) is 9. The predicted molar refractivity (Wildman–Crippen MR) is 169 cm³/mol. The number of unbranched alkanes of at least 4 members (excludes halogenated alkanes) is 4. The van der Waals surface area contributed by atoms with Gasteiger partial charge < -0.3 is 14.3 Å². The lowest BCUT2D eigenvalue weighted by Gasteiger charge is -2.16. The molecule has 0 N–H and O–H groups in total. The van der Waals surface area contributed by atoms with Crippen LogP contribution in [0.15, 0.2) is 64.8 Å². The van der Waals surface area contributed by atoms with E-state index < -0.39 is 21.8 Å². The molecule has 0 unspecified atom stereocenters. The fourth-order valence-corrected chi connectivity index (χ4v) is 4.10. The number of esters is 2. The van der Waals surface area contributed by atoms with Crippen LogP contribution in [-0.4, -0.2) is 46.4 Å². The largest absolute Gasteiger partial charge is 0.462 e. The first-order valence-electron chi connectivity index (χ1n) is 14.6. The van der Waals surface area contributed by atoms with Crippen molar-refractivity contribution in [3.8, 4) is 0 Å². The SMILES string of the molecule is CC.CC.CC.CC(=O)OC/C(=C(\C(=O)OCCCCCCCON=O)c1ccccc1)c1ccc(S(C)(=O)=O)cc1. The van der Waals surface area contributed by atoms with E-state index in [0.717, 1.165) is 31.9 Å². The van der Waals surface area contributed by atoms with E-state index in [1.165, 1.54) is 19.1 Å². The van der Waals surface area contributed by atoms with Gasteiger partial charge in [-0.1, -0.05) is 96.8 Å². The van der Waals surface area contributed by atoms with Crippen LogP contribution in [0.5, 0.6) is 0 Å². The topological polar surface area (TPSA) is 125 Å². The molecule has 0 aliphatic heterocycles. The second-order valence-corrected chi connectivity index (χ2v) is 10.1. The summed E-state index contributed by atoms with van der Waals surface area (Å²) >= 11 is 0. The van der Waals surface area contributed by atoms with Gasteiger partial charge in [0.15, 0.2) is 15.2 Å². The van der Waals surface area contributed by atoms with E-state index in [4.69, 9.17) is 9.47 Å². The summed E-state index contributed by atoms with van der Waals surface area (Å²) in [6.45, 7) is 13.6. The maximum Gasteiger partial charge on any atom is 0.339 e. The smallest absolute Gasteiger partial charge is 0.339 e. The Kier molecular flexibility index (Phi) is 24.4. The zero-order valence-corrected chi connectivity index (χ0v) is 27.3. The van der Waals surface area contributed by atoms with Crippen molar-refractivity contribution in [2.45, 2.75) is 85.5 Å². The first kappa shape index (κ1) is 40.6. The molecule has 0 fully saturated rings. The van der Waals surface area contributed by atoms with Crippen molar-refractivity contribution in [2.75, 3.05) is 26.1 Å². The predicted octanol–water partition coefficient (Wildman–Crippen LogP) is 7.83. The maximum absolute atomic E-state index is 13.3. The summed E-state index contributed by atoms with van der Waals surface area (Å²) in [4.78, 5) is 39.3. The van der Waals surface area contributed by atoms with Gasteiger partial charge in [0, 0.05) is 18.8 Å². The molecule has 0 heterocycles. The maximum atomic E-state index is 13.3. The van der Waals surface area contributed by atoms with E-state index in [9.17, 15) is 22.9 Å². The summed E-state index contributed by atoms with van der Waals surface area (Å²) in [7, 11) is -3.40. The minimum absolute atomic E-state index is 0.135. The fraction of sp³-hybridized carbons (Fsp3) is 0.500. The molecule has 0 radical (unpaired) electrons. The first-order valence-corrected chi connectivity index (χ1v) is 16.5. The van der Waals surface area contributed by atoms with Crippen molar-refractivity contribution in [1.29, 1.82) is 0 Å². The van der Waals surface area contributed by atoms with Crippen LogP contribution in [0.1, 0.15) is 91.7 Å².